The van der Waals surface area contributed by atoms with Crippen LogP contribution in [0.25, 0.3) is 11.3 Å². The Labute approximate surface area is 144 Å². The Bertz CT molecular complexity index is 864. The summed E-state index contributed by atoms with van der Waals surface area (Å²) in [5.41, 5.74) is 5.16. The molecule has 0 aliphatic heterocycles. The molecular formula is C18H18N4O3. The van der Waals surface area contributed by atoms with Crippen LogP contribution in [0, 0.1) is 6.92 Å². The molecule has 0 saturated heterocycles. The summed E-state index contributed by atoms with van der Waals surface area (Å²) >= 11 is 0. The number of H-pyrrole nitrogens is 1. The predicted molar refractivity (Wildman–Crippen MR) is 93.7 cm³/mol. The van der Waals surface area contributed by atoms with E-state index in [0.29, 0.717) is 23.8 Å². The Morgan fingerprint density at radius 1 is 1.36 bits per heavy atom. The zero-order valence-corrected chi connectivity index (χ0v) is 13.9. The van der Waals surface area contributed by atoms with Crippen molar-refractivity contribution in [2.45, 2.75) is 13.8 Å². The smallest absolute Gasteiger partial charge is 0.289 e. The number of aromatic amines is 1. The van der Waals surface area contributed by atoms with Crippen LogP contribution in [-0.2, 0) is 0 Å². The van der Waals surface area contributed by atoms with Crippen LogP contribution in [0.2, 0.25) is 0 Å². The van der Waals surface area contributed by atoms with Crippen molar-refractivity contribution in [1.29, 1.82) is 0 Å². The van der Waals surface area contributed by atoms with Crippen LogP contribution in [0.5, 0.6) is 5.75 Å². The highest BCUT2D eigenvalue weighted by Gasteiger charge is 2.16. The zero-order chi connectivity index (χ0) is 17.6. The fourth-order valence-electron chi connectivity index (χ4n) is 2.35. The fraction of sp³-hybridized carbons (Fsp3) is 0.167. The summed E-state index contributed by atoms with van der Waals surface area (Å²) in [6, 6.07) is 11.0. The molecule has 1 aromatic carbocycles. The predicted octanol–water partition coefficient (Wildman–Crippen LogP) is 3.14. The molecule has 2 aromatic heterocycles. The molecule has 0 aliphatic carbocycles. The monoisotopic (exact) mass is 338 g/mol. The van der Waals surface area contributed by atoms with Crippen molar-refractivity contribution in [3.63, 3.8) is 0 Å². The van der Waals surface area contributed by atoms with Gasteiger partial charge in [0.2, 0.25) is 0 Å². The maximum atomic E-state index is 12.2. The van der Waals surface area contributed by atoms with Crippen molar-refractivity contribution >= 4 is 12.1 Å². The van der Waals surface area contributed by atoms with E-state index in [4.69, 9.17) is 9.15 Å². The summed E-state index contributed by atoms with van der Waals surface area (Å²) < 4.78 is 10.5. The number of carbonyl (C=O) groups is 1. The van der Waals surface area contributed by atoms with Crippen molar-refractivity contribution in [2.24, 2.45) is 5.10 Å². The summed E-state index contributed by atoms with van der Waals surface area (Å²) in [4.78, 5) is 12.2. The maximum absolute atomic E-state index is 12.2. The van der Waals surface area contributed by atoms with Gasteiger partial charge in [0.1, 0.15) is 17.2 Å². The van der Waals surface area contributed by atoms with E-state index in [0.717, 1.165) is 16.9 Å². The minimum Gasteiger partial charge on any atom is -0.494 e. The minimum atomic E-state index is -0.370. The van der Waals surface area contributed by atoms with Crippen LogP contribution in [0.15, 0.2) is 52.2 Å². The number of rotatable bonds is 6. The van der Waals surface area contributed by atoms with Gasteiger partial charge in [-0.15, -0.1) is 0 Å². The Kier molecular flexibility index (Phi) is 4.94. The Balaban J connectivity index is 1.72. The lowest BCUT2D eigenvalue weighted by Gasteiger charge is -2.04. The number of ether oxygens (including phenoxy) is 1. The fourth-order valence-corrected chi connectivity index (χ4v) is 2.35. The summed E-state index contributed by atoms with van der Waals surface area (Å²) in [6.07, 6.45) is 2.96. The highest BCUT2D eigenvalue weighted by atomic mass is 16.5. The molecule has 0 atom stereocenters. The number of hydrogen-bond acceptors (Lipinski definition) is 5. The van der Waals surface area contributed by atoms with Gasteiger partial charge >= 0.3 is 0 Å². The average Bonchev–Trinajstić information content (AvgIpc) is 3.26. The molecule has 7 nitrogen and oxygen atoms in total. The molecule has 7 heteroatoms. The van der Waals surface area contributed by atoms with E-state index in [1.807, 2.05) is 38.1 Å². The zero-order valence-electron chi connectivity index (χ0n) is 13.9. The molecule has 2 heterocycles. The first-order chi connectivity index (χ1) is 12.2. The molecule has 0 aliphatic rings. The summed E-state index contributed by atoms with van der Waals surface area (Å²) in [5, 5.41) is 10.9. The highest BCUT2D eigenvalue weighted by Crippen LogP contribution is 2.25. The first-order valence-corrected chi connectivity index (χ1v) is 7.84. The van der Waals surface area contributed by atoms with Gasteiger partial charge in [0.25, 0.3) is 5.91 Å². The van der Waals surface area contributed by atoms with Gasteiger partial charge in [-0.3, -0.25) is 9.89 Å². The number of furan rings is 1. The van der Waals surface area contributed by atoms with Gasteiger partial charge in [-0.05, 0) is 50.2 Å². The lowest BCUT2D eigenvalue weighted by Crippen LogP contribution is -2.19. The van der Waals surface area contributed by atoms with Crippen LogP contribution < -0.4 is 10.2 Å². The maximum Gasteiger partial charge on any atom is 0.289 e. The van der Waals surface area contributed by atoms with Crippen LogP contribution >= 0.6 is 0 Å². The van der Waals surface area contributed by atoms with Crippen molar-refractivity contribution in [3.05, 3.63) is 59.7 Å². The minimum absolute atomic E-state index is 0.362. The molecule has 0 bridgehead atoms. The molecule has 128 valence electrons. The number of carbonyl (C=O) groups excluding carboxylic acids is 1. The van der Waals surface area contributed by atoms with E-state index < -0.39 is 0 Å². The first-order valence-electron chi connectivity index (χ1n) is 7.84. The van der Waals surface area contributed by atoms with Crippen LogP contribution in [0.1, 0.15) is 28.7 Å². The number of amides is 1. The van der Waals surface area contributed by atoms with E-state index in [1.54, 1.807) is 12.1 Å². The number of nitrogens with zero attached hydrogens (tertiary/aromatic N) is 2. The number of nitrogens with one attached hydrogen (secondary N) is 2. The van der Waals surface area contributed by atoms with Gasteiger partial charge in [-0.1, -0.05) is 0 Å². The van der Waals surface area contributed by atoms with Crippen LogP contribution in [0.4, 0.5) is 0 Å². The van der Waals surface area contributed by atoms with Crippen molar-refractivity contribution in [1.82, 2.24) is 15.6 Å². The normalized spacial score (nSPS) is 11.0. The van der Waals surface area contributed by atoms with Gasteiger partial charge in [0.05, 0.1) is 24.8 Å². The second-order valence-corrected chi connectivity index (χ2v) is 5.24. The standard InChI is InChI=1S/C18H18N4O3/c1-3-24-14-8-6-13(7-9-14)16-12(2)17(21-20-16)18(23)22-19-11-15-5-4-10-25-15/h4-11H,3H2,1-2H3,(H,20,21)(H,22,23)/b19-11+. The average molecular weight is 338 g/mol. The van der Waals surface area contributed by atoms with Gasteiger partial charge in [0, 0.05) is 11.1 Å². The largest absolute Gasteiger partial charge is 0.494 e. The van der Waals surface area contributed by atoms with E-state index >= 15 is 0 Å². The third kappa shape index (κ3) is 3.77. The molecule has 1 amide bonds. The number of benzene rings is 1. The summed E-state index contributed by atoms with van der Waals surface area (Å²) in [6.45, 7) is 4.38. The Hall–Kier alpha value is -3.35. The quantitative estimate of drug-likeness (QED) is 0.533. The lowest BCUT2D eigenvalue weighted by molar-refractivity contribution is 0.0949. The molecular weight excluding hydrogens is 320 g/mol. The van der Waals surface area contributed by atoms with Gasteiger partial charge in [-0.2, -0.15) is 10.2 Å². The topological polar surface area (TPSA) is 92.5 Å². The molecule has 3 rings (SSSR count). The van der Waals surface area contributed by atoms with E-state index in [9.17, 15) is 4.79 Å². The highest BCUT2D eigenvalue weighted by molar-refractivity contribution is 5.95. The SMILES string of the molecule is CCOc1ccc(-c2n[nH]c(C(=O)N/N=C/c3ccco3)c2C)cc1. The van der Waals surface area contributed by atoms with Crippen molar-refractivity contribution in [2.75, 3.05) is 6.61 Å². The second-order valence-electron chi connectivity index (χ2n) is 5.24. The Morgan fingerprint density at radius 2 is 2.16 bits per heavy atom. The van der Waals surface area contributed by atoms with Gasteiger partial charge in [-0.25, -0.2) is 5.43 Å². The molecule has 2 N–H and O–H groups in total. The molecule has 0 spiro atoms. The van der Waals surface area contributed by atoms with E-state index in [2.05, 4.69) is 20.7 Å². The molecule has 3 aromatic rings. The van der Waals surface area contributed by atoms with Gasteiger partial charge in [0.15, 0.2) is 0 Å². The van der Waals surface area contributed by atoms with Crippen LogP contribution in [0.3, 0.4) is 0 Å². The summed E-state index contributed by atoms with van der Waals surface area (Å²) in [7, 11) is 0. The summed E-state index contributed by atoms with van der Waals surface area (Å²) in [5.74, 6) is 0.978. The van der Waals surface area contributed by atoms with Gasteiger partial charge < -0.3 is 9.15 Å². The molecule has 0 radical (unpaired) electrons. The number of hydrogen-bond donors (Lipinski definition) is 2. The second kappa shape index (κ2) is 7.48. The van der Waals surface area contributed by atoms with Crippen LogP contribution in [-0.4, -0.2) is 28.9 Å². The third-order valence-electron chi connectivity index (χ3n) is 3.58. The number of hydrazone groups is 1. The van der Waals surface area contributed by atoms with Crippen molar-refractivity contribution < 1.29 is 13.9 Å². The van der Waals surface area contributed by atoms with E-state index in [-0.39, 0.29) is 5.91 Å². The first kappa shape index (κ1) is 16.5. The number of aromatic nitrogens is 2. The molecule has 0 unspecified atom stereocenters. The van der Waals surface area contributed by atoms with E-state index in [1.165, 1.54) is 12.5 Å². The van der Waals surface area contributed by atoms with Crippen molar-refractivity contribution in [3.8, 4) is 17.0 Å². The molecule has 0 fully saturated rings. The Morgan fingerprint density at radius 3 is 2.84 bits per heavy atom. The lowest BCUT2D eigenvalue weighted by atomic mass is 10.1. The molecule has 0 saturated carbocycles. The molecule has 25 heavy (non-hydrogen) atoms. The third-order valence-corrected chi connectivity index (χ3v) is 3.58.